The van der Waals surface area contributed by atoms with Crippen molar-refractivity contribution in [3.05, 3.63) is 29.8 Å². The van der Waals surface area contributed by atoms with Crippen LogP contribution < -0.4 is 4.90 Å². The average molecular weight is 205 g/mol. The Balaban J connectivity index is 2.88. The Morgan fingerprint density at radius 3 is 2.47 bits per heavy atom. The fourth-order valence-electron chi connectivity index (χ4n) is 1.81. The van der Waals surface area contributed by atoms with Crippen LogP contribution in [0.3, 0.4) is 0 Å². The summed E-state index contributed by atoms with van der Waals surface area (Å²) in [6.45, 7) is 6.32. The molecule has 0 atom stereocenters. The molecule has 0 heterocycles. The maximum atomic E-state index is 10.4. The molecule has 82 valence electrons. The molecule has 0 aliphatic rings. The van der Waals surface area contributed by atoms with Gasteiger partial charge in [-0.15, -0.1) is 0 Å². The highest BCUT2D eigenvalue weighted by molar-refractivity contribution is 5.56. The van der Waals surface area contributed by atoms with Crippen molar-refractivity contribution in [2.24, 2.45) is 0 Å². The van der Waals surface area contributed by atoms with E-state index in [4.69, 9.17) is 0 Å². The molecule has 0 unspecified atom stereocenters. The van der Waals surface area contributed by atoms with E-state index in [-0.39, 0.29) is 0 Å². The van der Waals surface area contributed by atoms with Gasteiger partial charge in [-0.25, -0.2) is 0 Å². The molecule has 15 heavy (non-hydrogen) atoms. The summed E-state index contributed by atoms with van der Waals surface area (Å²) in [7, 11) is 0. The predicted molar refractivity (Wildman–Crippen MR) is 64.4 cm³/mol. The highest BCUT2D eigenvalue weighted by Gasteiger charge is 2.06. The van der Waals surface area contributed by atoms with Gasteiger partial charge in [0, 0.05) is 25.2 Å². The highest BCUT2D eigenvalue weighted by Crippen LogP contribution is 2.21. The number of carbonyl (C=O) groups excluding carboxylic acids is 1. The molecule has 1 rings (SSSR count). The molecule has 0 fully saturated rings. The summed E-state index contributed by atoms with van der Waals surface area (Å²) in [6, 6.07) is 8.33. The summed E-state index contributed by atoms with van der Waals surface area (Å²) in [5.74, 6) is 0. The molecular weight excluding hydrogens is 186 g/mol. The van der Waals surface area contributed by atoms with E-state index in [0.29, 0.717) is 6.42 Å². The quantitative estimate of drug-likeness (QED) is 0.665. The van der Waals surface area contributed by atoms with E-state index in [9.17, 15) is 4.79 Å². The summed E-state index contributed by atoms with van der Waals surface area (Å²) >= 11 is 0. The zero-order chi connectivity index (χ0) is 11.1. The maximum absolute atomic E-state index is 10.4. The molecule has 0 saturated carbocycles. The van der Waals surface area contributed by atoms with E-state index in [1.54, 1.807) is 0 Å². The molecule has 0 radical (unpaired) electrons. The zero-order valence-electron chi connectivity index (χ0n) is 9.57. The molecule has 0 aliphatic heterocycles. The normalized spacial score (nSPS) is 10.0. The minimum absolute atomic E-state index is 0.609. The summed E-state index contributed by atoms with van der Waals surface area (Å²) in [4.78, 5) is 12.7. The maximum Gasteiger partial charge on any atom is 0.120 e. The standard InChI is InChI=1S/C13H19NO/c1-3-14(4-2)13-10-6-5-8-12(13)9-7-11-15/h5-6,8,10-11H,3-4,7,9H2,1-2H3. The fraction of sp³-hybridized carbons (Fsp3) is 0.462. The van der Waals surface area contributed by atoms with Crippen molar-refractivity contribution in [2.45, 2.75) is 26.7 Å². The number of aryl methyl sites for hydroxylation is 1. The number of rotatable bonds is 6. The Morgan fingerprint density at radius 2 is 1.87 bits per heavy atom. The van der Waals surface area contributed by atoms with Crippen LogP contribution in [0.4, 0.5) is 5.69 Å². The van der Waals surface area contributed by atoms with Crippen LogP contribution in [0.15, 0.2) is 24.3 Å². The number of anilines is 1. The molecule has 0 bridgehead atoms. The Hall–Kier alpha value is -1.31. The van der Waals surface area contributed by atoms with E-state index in [1.807, 2.05) is 6.07 Å². The van der Waals surface area contributed by atoms with Gasteiger partial charge in [0.1, 0.15) is 6.29 Å². The summed E-state index contributed by atoms with van der Waals surface area (Å²) in [6.07, 6.45) is 2.44. The fourth-order valence-corrected chi connectivity index (χ4v) is 1.81. The van der Waals surface area contributed by atoms with Crippen LogP contribution in [0.25, 0.3) is 0 Å². The Morgan fingerprint density at radius 1 is 1.20 bits per heavy atom. The van der Waals surface area contributed by atoms with E-state index in [0.717, 1.165) is 25.8 Å². The van der Waals surface area contributed by atoms with Gasteiger partial charge in [-0.2, -0.15) is 0 Å². The van der Waals surface area contributed by atoms with Gasteiger partial charge in [0.25, 0.3) is 0 Å². The molecule has 2 nitrogen and oxygen atoms in total. The van der Waals surface area contributed by atoms with Gasteiger partial charge in [0.15, 0.2) is 0 Å². The highest BCUT2D eigenvalue weighted by atomic mass is 16.1. The molecule has 0 spiro atoms. The molecule has 1 aromatic carbocycles. The van der Waals surface area contributed by atoms with Crippen LogP contribution in [0, 0.1) is 0 Å². The Labute approximate surface area is 91.9 Å². The van der Waals surface area contributed by atoms with Crippen LogP contribution in [0.1, 0.15) is 25.8 Å². The van der Waals surface area contributed by atoms with Crippen LogP contribution in [-0.2, 0) is 11.2 Å². The van der Waals surface area contributed by atoms with Crippen molar-refractivity contribution >= 4 is 12.0 Å². The number of aldehydes is 1. The second kappa shape index (κ2) is 6.23. The first-order chi connectivity index (χ1) is 7.33. The predicted octanol–water partition coefficient (Wildman–Crippen LogP) is 2.66. The third kappa shape index (κ3) is 3.08. The van der Waals surface area contributed by atoms with Crippen molar-refractivity contribution in [3.8, 4) is 0 Å². The van der Waals surface area contributed by atoms with Gasteiger partial charge in [-0.3, -0.25) is 0 Å². The lowest BCUT2D eigenvalue weighted by Gasteiger charge is -2.23. The Kier molecular flexibility index (Phi) is 4.88. The van der Waals surface area contributed by atoms with E-state index in [2.05, 4.69) is 36.9 Å². The second-order valence-corrected chi connectivity index (χ2v) is 3.51. The van der Waals surface area contributed by atoms with Gasteiger partial charge in [-0.05, 0) is 31.9 Å². The number of hydrogen-bond acceptors (Lipinski definition) is 2. The number of para-hydroxylation sites is 1. The molecule has 0 saturated heterocycles. The molecular formula is C13H19NO. The van der Waals surface area contributed by atoms with E-state index < -0.39 is 0 Å². The van der Waals surface area contributed by atoms with Crippen LogP contribution in [0.5, 0.6) is 0 Å². The number of benzene rings is 1. The first-order valence-electron chi connectivity index (χ1n) is 5.60. The van der Waals surface area contributed by atoms with Crippen molar-refractivity contribution in [1.29, 1.82) is 0 Å². The second-order valence-electron chi connectivity index (χ2n) is 3.51. The lowest BCUT2D eigenvalue weighted by molar-refractivity contribution is -0.107. The van der Waals surface area contributed by atoms with Gasteiger partial charge < -0.3 is 9.69 Å². The first-order valence-corrected chi connectivity index (χ1v) is 5.60. The third-order valence-electron chi connectivity index (χ3n) is 2.63. The largest absolute Gasteiger partial charge is 0.372 e. The monoisotopic (exact) mass is 205 g/mol. The Bertz CT molecular complexity index is 305. The average Bonchev–Trinajstić information content (AvgIpc) is 2.29. The molecule has 1 aromatic rings. The minimum atomic E-state index is 0.609. The van der Waals surface area contributed by atoms with Gasteiger partial charge >= 0.3 is 0 Å². The first kappa shape index (κ1) is 11.8. The number of carbonyl (C=O) groups is 1. The lowest BCUT2D eigenvalue weighted by Crippen LogP contribution is -2.23. The van der Waals surface area contributed by atoms with Crippen molar-refractivity contribution in [1.82, 2.24) is 0 Å². The van der Waals surface area contributed by atoms with Crippen LogP contribution in [-0.4, -0.2) is 19.4 Å². The van der Waals surface area contributed by atoms with Gasteiger partial charge in [0.2, 0.25) is 0 Å². The molecule has 0 aliphatic carbocycles. The minimum Gasteiger partial charge on any atom is -0.372 e. The van der Waals surface area contributed by atoms with Crippen molar-refractivity contribution < 1.29 is 4.79 Å². The van der Waals surface area contributed by atoms with Crippen molar-refractivity contribution in [2.75, 3.05) is 18.0 Å². The zero-order valence-corrected chi connectivity index (χ0v) is 9.57. The topological polar surface area (TPSA) is 20.3 Å². The lowest BCUT2D eigenvalue weighted by atomic mass is 10.1. The SMILES string of the molecule is CCN(CC)c1ccccc1CCC=O. The molecule has 0 N–H and O–H groups in total. The number of nitrogens with zero attached hydrogens (tertiary/aromatic N) is 1. The number of hydrogen-bond donors (Lipinski definition) is 0. The van der Waals surface area contributed by atoms with Gasteiger partial charge in [-0.1, -0.05) is 18.2 Å². The smallest absolute Gasteiger partial charge is 0.120 e. The summed E-state index contributed by atoms with van der Waals surface area (Å²) in [5.41, 5.74) is 2.54. The third-order valence-corrected chi connectivity index (χ3v) is 2.63. The molecule has 0 amide bonds. The van der Waals surface area contributed by atoms with E-state index >= 15 is 0 Å². The van der Waals surface area contributed by atoms with Crippen molar-refractivity contribution in [3.63, 3.8) is 0 Å². The van der Waals surface area contributed by atoms with E-state index in [1.165, 1.54) is 11.3 Å². The molecule has 2 heteroatoms. The summed E-state index contributed by atoms with van der Waals surface area (Å²) < 4.78 is 0. The molecule has 0 aromatic heterocycles. The van der Waals surface area contributed by atoms with Crippen LogP contribution >= 0.6 is 0 Å². The van der Waals surface area contributed by atoms with Gasteiger partial charge in [0.05, 0.1) is 0 Å². The van der Waals surface area contributed by atoms with Crippen LogP contribution in [0.2, 0.25) is 0 Å². The summed E-state index contributed by atoms with van der Waals surface area (Å²) in [5, 5.41) is 0.